The number of carbonyl (C=O) groups is 1. The van der Waals surface area contributed by atoms with E-state index in [4.69, 9.17) is 9.47 Å². The van der Waals surface area contributed by atoms with E-state index >= 15 is 0 Å². The molecule has 1 N–H and O–H groups in total. The summed E-state index contributed by atoms with van der Waals surface area (Å²) < 4.78 is 40.0. The molecule has 0 aliphatic carbocycles. The molecule has 0 radical (unpaired) electrons. The molecule has 2 aliphatic rings. The van der Waals surface area contributed by atoms with Crippen molar-refractivity contribution in [2.24, 2.45) is 0 Å². The molecule has 7 nitrogen and oxygen atoms in total. The zero-order valence-corrected chi connectivity index (χ0v) is 19.2. The van der Waals surface area contributed by atoms with Gasteiger partial charge >= 0.3 is 0 Å². The molecule has 1 amide bonds. The number of hydrogen-bond acceptors (Lipinski definition) is 6. The first-order valence-corrected chi connectivity index (χ1v) is 13.0. The third-order valence-electron chi connectivity index (χ3n) is 5.50. The van der Waals surface area contributed by atoms with Crippen molar-refractivity contribution in [3.8, 4) is 11.5 Å². The van der Waals surface area contributed by atoms with Crippen LogP contribution in [0.15, 0.2) is 46.2 Å². The SMILES string of the molecule is CSc1ccc(S(=O)(=O)N[C@@H](C)c2ccc3c(c2)OCCO3)cc1C(=O)N1CCCC1. The van der Waals surface area contributed by atoms with Crippen LogP contribution in [-0.2, 0) is 10.0 Å². The Labute approximate surface area is 187 Å². The minimum absolute atomic E-state index is 0.0808. The Morgan fingerprint density at radius 1 is 1.06 bits per heavy atom. The van der Waals surface area contributed by atoms with Gasteiger partial charge < -0.3 is 14.4 Å². The van der Waals surface area contributed by atoms with Gasteiger partial charge in [0.2, 0.25) is 10.0 Å². The number of hydrogen-bond donors (Lipinski definition) is 1. The standard InChI is InChI=1S/C22H26N2O5S2/c1-15(16-5-7-19-20(13-16)29-12-11-28-19)23-31(26,27)17-6-8-21(30-2)18(14-17)22(25)24-9-3-4-10-24/h5-8,13-15,23H,3-4,9-12H2,1-2H3/t15-/m0/s1. The molecule has 2 heterocycles. The minimum atomic E-state index is -3.84. The van der Waals surface area contributed by atoms with E-state index in [1.165, 1.54) is 17.8 Å². The van der Waals surface area contributed by atoms with Crippen LogP contribution in [0.3, 0.4) is 0 Å². The van der Waals surface area contributed by atoms with E-state index in [-0.39, 0.29) is 10.8 Å². The Morgan fingerprint density at radius 2 is 1.77 bits per heavy atom. The summed E-state index contributed by atoms with van der Waals surface area (Å²) >= 11 is 1.44. The minimum Gasteiger partial charge on any atom is -0.486 e. The smallest absolute Gasteiger partial charge is 0.255 e. The normalized spacial score (nSPS) is 16.9. The summed E-state index contributed by atoms with van der Waals surface area (Å²) in [6, 6.07) is 9.66. The quantitative estimate of drug-likeness (QED) is 0.662. The van der Waals surface area contributed by atoms with E-state index in [1.54, 1.807) is 36.1 Å². The van der Waals surface area contributed by atoms with E-state index in [9.17, 15) is 13.2 Å². The highest BCUT2D eigenvalue weighted by atomic mass is 32.2. The monoisotopic (exact) mass is 462 g/mol. The topological polar surface area (TPSA) is 84.9 Å². The first-order chi connectivity index (χ1) is 14.9. The predicted molar refractivity (Wildman–Crippen MR) is 120 cm³/mol. The van der Waals surface area contributed by atoms with Crippen LogP contribution >= 0.6 is 11.8 Å². The molecule has 1 saturated heterocycles. The fraction of sp³-hybridized carbons (Fsp3) is 0.409. The molecular formula is C22H26N2O5S2. The van der Waals surface area contributed by atoms with E-state index < -0.39 is 16.1 Å². The molecule has 0 bridgehead atoms. The van der Waals surface area contributed by atoms with Crippen molar-refractivity contribution in [1.29, 1.82) is 0 Å². The molecular weight excluding hydrogens is 436 g/mol. The summed E-state index contributed by atoms with van der Waals surface area (Å²) in [6.45, 7) is 4.16. The number of sulfonamides is 1. The van der Waals surface area contributed by atoms with Crippen molar-refractivity contribution in [3.63, 3.8) is 0 Å². The van der Waals surface area contributed by atoms with Crippen LogP contribution in [0.5, 0.6) is 11.5 Å². The maximum absolute atomic E-state index is 13.1. The largest absolute Gasteiger partial charge is 0.486 e. The second kappa shape index (κ2) is 9.10. The lowest BCUT2D eigenvalue weighted by Crippen LogP contribution is -2.29. The van der Waals surface area contributed by atoms with Gasteiger partial charge in [-0.25, -0.2) is 13.1 Å². The van der Waals surface area contributed by atoms with Crippen molar-refractivity contribution in [2.45, 2.75) is 35.6 Å². The summed E-state index contributed by atoms with van der Waals surface area (Å²) in [5.41, 5.74) is 1.20. The molecule has 166 valence electrons. The number of rotatable bonds is 6. The number of amides is 1. The van der Waals surface area contributed by atoms with Crippen molar-refractivity contribution in [1.82, 2.24) is 9.62 Å². The van der Waals surface area contributed by atoms with Crippen molar-refractivity contribution in [2.75, 3.05) is 32.6 Å². The number of carbonyl (C=O) groups excluding carboxylic acids is 1. The number of nitrogens with one attached hydrogen (secondary N) is 1. The van der Waals surface area contributed by atoms with Gasteiger partial charge in [0.1, 0.15) is 13.2 Å². The van der Waals surface area contributed by atoms with E-state index in [0.29, 0.717) is 43.4 Å². The van der Waals surface area contributed by atoms with E-state index in [0.717, 1.165) is 23.3 Å². The van der Waals surface area contributed by atoms with Crippen LogP contribution < -0.4 is 14.2 Å². The number of thioether (sulfide) groups is 1. The highest BCUT2D eigenvalue weighted by molar-refractivity contribution is 7.98. The van der Waals surface area contributed by atoms with Gasteiger partial charge in [0, 0.05) is 24.0 Å². The average Bonchev–Trinajstić information content (AvgIpc) is 3.32. The molecule has 0 spiro atoms. The third-order valence-corrected chi connectivity index (χ3v) is 7.84. The highest BCUT2D eigenvalue weighted by Crippen LogP contribution is 2.33. The lowest BCUT2D eigenvalue weighted by Gasteiger charge is -2.21. The molecule has 1 fully saturated rings. The Morgan fingerprint density at radius 3 is 2.48 bits per heavy atom. The van der Waals surface area contributed by atoms with Crippen LogP contribution in [0.1, 0.15) is 41.7 Å². The number of ether oxygens (including phenoxy) is 2. The number of likely N-dealkylation sites (tertiary alicyclic amines) is 1. The maximum atomic E-state index is 13.1. The molecule has 9 heteroatoms. The zero-order chi connectivity index (χ0) is 22.0. The Hall–Kier alpha value is -2.23. The van der Waals surface area contributed by atoms with Gasteiger partial charge in [-0.2, -0.15) is 0 Å². The summed E-state index contributed by atoms with van der Waals surface area (Å²) in [5.74, 6) is 1.15. The van der Waals surface area contributed by atoms with Crippen molar-refractivity contribution in [3.05, 3.63) is 47.5 Å². The van der Waals surface area contributed by atoms with Gasteiger partial charge in [0.25, 0.3) is 5.91 Å². The molecule has 2 aromatic rings. The predicted octanol–water partition coefficient (Wildman–Crippen LogP) is 3.46. The van der Waals surface area contributed by atoms with Gasteiger partial charge in [-0.3, -0.25) is 4.79 Å². The van der Waals surface area contributed by atoms with Crippen LogP contribution in [0.25, 0.3) is 0 Å². The molecule has 4 rings (SSSR count). The second-order valence-electron chi connectivity index (χ2n) is 7.61. The van der Waals surface area contributed by atoms with Crippen LogP contribution in [0, 0.1) is 0 Å². The van der Waals surface area contributed by atoms with Gasteiger partial charge in [-0.15, -0.1) is 11.8 Å². The average molecular weight is 463 g/mol. The van der Waals surface area contributed by atoms with Crippen molar-refractivity contribution >= 4 is 27.7 Å². The number of benzene rings is 2. The first-order valence-electron chi connectivity index (χ1n) is 10.3. The fourth-order valence-electron chi connectivity index (χ4n) is 3.81. The summed E-state index contributed by atoms with van der Waals surface area (Å²) in [7, 11) is -3.84. The first kappa shape index (κ1) is 22.0. The molecule has 1 atom stereocenters. The molecule has 31 heavy (non-hydrogen) atoms. The van der Waals surface area contributed by atoms with Gasteiger partial charge in [-0.05, 0) is 61.9 Å². The van der Waals surface area contributed by atoms with Gasteiger partial charge in [0.05, 0.1) is 10.5 Å². The highest BCUT2D eigenvalue weighted by Gasteiger charge is 2.26. The lowest BCUT2D eigenvalue weighted by molar-refractivity contribution is 0.0789. The van der Waals surface area contributed by atoms with Gasteiger partial charge in [-0.1, -0.05) is 6.07 Å². The van der Waals surface area contributed by atoms with E-state index in [2.05, 4.69) is 4.72 Å². The van der Waals surface area contributed by atoms with E-state index in [1.807, 2.05) is 12.3 Å². The molecule has 0 aromatic heterocycles. The van der Waals surface area contributed by atoms with Crippen LogP contribution in [0.2, 0.25) is 0 Å². The number of fused-ring (bicyclic) bond motifs is 1. The lowest BCUT2D eigenvalue weighted by atomic mass is 10.1. The number of nitrogens with zero attached hydrogens (tertiary/aromatic N) is 1. The summed E-state index contributed by atoms with van der Waals surface area (Å²) in [4.78, 5) is 15.6. The molecule has 2 aromatic carbocycles. The molecule has 0 saturated carbocycles. The van der Waals surface area contributed by atoms with Crippen molar-refractivity contribution < 1.29 is 22.7 Å². The summed E-state index contributed by atoms with van der Waals surface area (Å²) in [5, 5.41) is 0. The molecule has 2 aliphatic heterocycles. The fourth-order valence-corrected chi connectivity index (χ4v) is 5.64. The Bertz CT molecular complexity index is 1080. The second-order valence-corrected chi connectivity index (χ2v) is 10.2. The zero-order valence-electron chi connectivity index (χ0n) is 17.6. The maximum Gasteiger partial charge on any atom is 0.255 e. The third kappa shape index (κ3) is 4.68. The Balaban J connectivity index is 1.58. The molecule has 0 unspecified atom stereocenters. The Kier molecular flexibility index (Phi) is 6.45. The van der Waals surface area contributed by atoms with Crippen LogP contribution in [-0.4, -0.2) is 51.8 Å². The van der Waals surface area contributed by atoms with Crippen LogP contribution in [0.4, 0.5) is 0 Å². The van der Waals surface area contributed by atoms with Gasteiger partial charge in [0.15, 0.2) is 11.5 Å². The summed E-state index contributed by atoms with van der Waals surface area (Å²) in [6.07, 6.45) is 3.84.